The van der Waals surface area contributed by atoms with Crippen LogP contribution in [0, 0.1) is 0 Å². The molecule has 0 N–H and O–H groups in total. The van der Waals surface area contributed by atoms with E-state index in [1.807, 2.05) is 28.6 Å². The van der Waals surface area contributed by atoms with Gasteiger partial charge in [0.05, 0.1) is 7.11 Å². The Balaban J connectivity index is 2.04. The molecular weight excluding hydrogens is 258 g/mol. The predicted molar refractivity (Wildman–Crippen MR) is 78.2 cm³/mol. The fourth-order valence-corrected chi connectivity index (χ4v) is 3.43. The first-order valence-corrected chi connectivity index (χ1v) is 7.60. The standard InChI is InChI=1S/C15H21NO2S/c1-12(17)16(13-6-4-3-5-7-13)19-15-10-8-14(18-2)9-11-15/h8-11,13H,3-7H2,1-2H3. The number of carbonyl (C=O) groups is 1. The largest absolute Gasteiger partial charge is 0.497 e. The molecule has 0 bridgehead atoms. The van der Waals surface area contributed by atoms with Crippen LogP contribution in [0.3, 0.4) is 0 Å². The molecule has 3 nitrogen and oxygen atoms in total. The lowest BCUT2D eigenvalue weighted by Crippen LogP contribution is -2.34. The monoisotopic (exact) mass is 279 g/mol. The molecule has 1 aromatic carbocycles. The number of methoxy groups -OCH3 is 1. The summed E-state index contributed by atoms with van der Waals surface area (Å²) in [6.07, 6.45) is 6.02. The van der Waals surface area contributed by atoms with Gasteiger partial charge in [-0.3, -0.25) is 9.10 Å². The van der Waals surface area contributed by atoms with E-state index in [0.29, 0.717) is 6.04 Å². The lowest BCUT2D eigenvalue weighted by molar-refractivity contribution is -0.125. The first kappa shape index (κ1) is 14.3. The minimum atomic E-state index is 0.146. The van der Waals surface area contributed by atoms with Crippen molar-refractivity contribution in [3.8, 4) is 5.75 Å². The normalized spacial score (nSPS) is 16.1. The maximum atomic E-state index is 11.9. The number of carbonyl (C=O) groups excluding carboxylic acids is 1. The van der Waals surface area contributed by atoms with Gasteiger partial charge in [0.25, 0.3) is 0 Å². The minimum Gasteiger partial charge on any atom is -0.497 e. The van der Waals surface area contributed by atoms with Gasteiger partial charge >= 0.3 is 0 Å². The smallest absolute Gasteiger partial charge is 0.229 e. The molecule has 0 unspecified atom stereocenters. The van der Waals surface area contributed by atoms with Crippen LogP contribution < -0.4 is 4.74 Å². The average molecular weight is 279 g/mol. The van der Waals surface area contributed by atoms with Gasteiger partial charge in [0, 0.05) is 17.9 Å². The summed E-state index contributed by atoms with van der Waals surface area (Å²) in [5.41, 5.74) is 0. The molecule has 0 radical (unpaired) electrons. The topological polar surface area (TPSA) is 29.5 Å². The fraction of sp³-hybridized carbons (Fsp3) is 0.533. The Hall–Kier alpha value is -1.16. The quantitative estimate of drug-likeness (QED) is 0.783. The second-order valence-corrected chi connectivity index (χ2v) is 5.95. The maximum absolute atomic E-state index is 11.9. The van der Waals surface area contributed by atoms with Crippen LogP contribution in [0.15, 0.2) is 29.2 Å². The lowest BCUT2D eigenvalue weighted by Gasteiger charge is -2.32. The van der Waals surface area contributed by atoms with E-state index < -0.39 is 0 Å². The van der Waals surface area contributed by atoms with Gasteiger partial charge in [-0.2, -0.15) is 0 Å². The summed E-state index contributed by atoms with van der Waals surface area (Å²) < 4.78 is 7.09. The van der Waals surface area contributed by atoms with Gasteiger partial charge in [-0.25, -0.2) is 0 Å². The van der Waals surface area contributed by atoms with E-state index >= 15 is 0 Å². The predicted octanol–water partition coefficient (Wildman–Crippen LogP) is 3.88. The molecule has 4 heteroatoms. The molecule has 0 heterocycles. The number of hydrogen-bond donors (Lipinski definition) is 0. The van der Waals surface area contributed by atoms with Crippen molar-refractivity contribution < 1.29 is 9.53 Å². The van der Waals surface area contributed by atoms with Crippen molar-refractivity contribution in [2.24, 2.45) is 0 Å². The summed E-state index contributed by atoms with van der Waals surface area (Å²) in [7, 11) is 1.66. The zero-order valence-corrected chi connectivity index (χ0v) is 12.4. The highest BCUT2D eigenvalue weighted by Gasteiger charge is 2.24. The maximum Gasteiger partial charge on any atom is 0.229 e. The molecule has 0 aliphatic heterocycles. The highest BCUT2D eigenvalue weighted by molar-refractivity contribution is 7.97. The van der Waals surface area contributed by atoms with Crippen LogP contribution in [0.4, 0.5) is 0 Å². The van der Waals surface area contributed by atoms with E-state index in [4.69, 9.17) is 4.74 Å². The van der Waals surface area contributed by atoms with Crippen molar-refractivity contribution in [3.05, 3.63) is 24.3 Å². The molecule has 1 aliphatic carbocycles. The highest BCUT2D eigenvalue weighted by Crippen LogP contribution is 2.32. The highest BCUT2D eigenvalue weighted by atomic mass is 32.2. The van der Waals surface area contributed by atoms with Crippen molar-refractivity contribution in [1.29, 1.82) is 0 Å². The van der Waals surface area contributed by atoms with Crippen LogP contribution in [0.1, 0.15) is 39.0 Å². The summed E-state index contributed by atoms with van der Waals surface area (Å²) >= 11 is 1.55. The first-order valence-electron chi connectivity index (χ1n) is 6.82. The van der Waals surface area contributed by atoms with E-state index in [0.717, 1.165) is 23.5 Å². The Morgan fingerprint density at radius 2 is 1.84 bits per heavy atom. The minimum absolute atomic E-state index is 0.146. The molecule has 0 spiro atoms. The molecule has 1 saturated carbocycles. The Kier molecular flexibility index (Phi) is 5.14. The summed E-state index contributed by atoms with van der Waals surface area (Å²) in [6, 6.07) is 8.26. The van der Waals surface area contributed by atoms with Crippen LogP contribution in [-0.4, -0.2) is 23.4 Å². The van der Waals surface area contributed by atoms with Gasteiger partial charge in [-0.15, -0.1) is 0 Å². The Morgan fingerprint density at radius 3 is 2.37 bits per heavy atom. The second kappa shape index (κ2) is 6.85. The van der Waals surface area contributed by atoms with Crippen molar-refractivity contribution in [3.63, 3.8) is 0 Å². The van der Waals surface area contributed by atoms with Crippen LogP contribution in [-0.2, 0) is 4.79 Å². The molecule has 1 aliphatic rings. The number of rotatable bonds is 4. The molecule has 1 aromatic rings. The van der Waals surface area contributed by atoms with E-state index in [1.54, 1.807) is 26.0 Å². The van der Waals surface area contributed by atoms with Crippen LogP contribution in [0.2, 0.25) is 0 Å². The second-order valence-electron chi connectivity index (χ2n) is 4.90. The van der Waals surface area contributed by atoms with Crippen LogP contribution >= 0.6 is 11.9 Å². The van der Waals surface area contributed by atoms with Gasteiger partial charge in [-0.1, -0.05) is 19.3 Å². The van der Waals surface area contributed by atoms with Crippen molar-refractivity contribution in [1.82, 2.24) is 4.31 Å². The molecule has 1 fully saturated rings. The molecule has 104 valence electrons. The molecular formula is C15H21NO2S. The molecule has 1 amide bonds. The van der Waals surface area contributed by atoms with Gasteiger partial charge in [0.1, 0.15) is 5.75 Å². The van der Waals surface area contributed by atoms with Crippen LogP contribution in [0.25, 0.3) is 0 Å². The van der Waals surface area contributed by atoms with Gasteiger partial charge < -0.3 is 4.74 Å². The molecule has 0 saturated heterocycles. The van der Waals surface area contributed by atoms with E-state index in [9.17, 15) is 4.79 Å². The van der Waals surface area contributed by atoms with E-state index in [-0.39, 0.29) is 5.91 Å². The Labute approximate surface area is 119 Å². The zero-order chi connectivity index (χ0) is 13.7. The van der Waals surface area contributed by atoms with Gasteiger partial charge in [0.2, 0.25) is 5.91 Å². The molecule has 2 rings (SSSR count). The SMILES string of the molecule is COc1ccc(SN(C(C)=O)C2CCCCC2)cc1. The number of ether oxygens (including phenoxy) is 1. The molecule has 0 atom stereocenters. The third kappa shape index (κ3) is 3.90. The summed E-state index contributed by atoms with van der Waals surface area (Å²) in [4.78, 5) is 12.9. The van der Waals surface area contributed by atoms with Gasteiger partial charge in [0.15, 0.2) is 0 Å². The van der Waals surface area contributed by atoms with Crippen LogP contribution in [0.5, 0.6) is 5.75 Å². The Bertz CT molecular complexity index is 413. The van der Waals surface area contributed by atoms with Gasteiger partial charge in [-0.05, 0) is 49.1 Å². The third-order valence-corrected chi connectivity index (χ3v) is 4.71. The summed E-state index contributed by atoms with van der Waals surface area (Å²) in [5.74, 6) is 0.990. The van der Waals surface area contributed by atoms with Crippen molar-refractivity contribution >= 4 is 17.9 Å². The van der Waals surface area contributed by atoms with E-state index in [2.05, 4.69) is 0 Å². The fourth-order valence-electron chi connectivity index (χ4n) is 2.46. The number of benzene rings is 1. The number of hydrogen-bond acceptors (Lipinski definition) is 3. The summed E-state index contributed by atoms with van der Waals surface area (Å²) in [5, 5.41) is 0. The van der Waals surface area contributed by atoms with E-state index in [1.165, 1.54) is 19.3 Å². The Morgan fingerprint density at radius 1 is 1.21 bits per heavy atom. The zero-order valence-electron chi connectivity index (χ0n) is 11.6. The van der Waals surface area contributed by atoms with Crippen molar-refractivity contribution in [2.45, 2.75) is 50.0 Å². The lowest BCUT2D eigenvalue weighted by atomic mass is 9.95. The average Bonchev–Trinajstić information content (AvgIpc) is 2.46. The number of nitrogens with zero attached hydrogens (tertiary/aromatic N) is 1. The van der Waals surface area contributed by atoms with Crippen molar-refractivity contribution in [2.75, 3.05) is 7.11 Å². The molecule has 19 heavy (non-hydrogen) atoms. The number of amides is 1. The molecule has 0 aromatic heterocycles. The third-order valence-electron chi connectivity index (χ3n) is 3.48. The summed E-state index contributed by atoms with van der Waals surface area (Å²) in [6.45, 7) is 1.66. The first-order chi connectivity index (χ1) is 9.20.